The van der Waals surface area contributed by atoms with Crippen molar-refractivity contribution in [1.82, 2.24) is 0 Å². The lowest BCUT2D eigenvalue weighted by atomic mass is 10.2. The maximum atomic E-state index is 11.7. The summed E-state index contributed by atoms with van der Waals surface area (Å²) in [7, 11) is 1.60. The zero-order chi connectivity index (χ0) is 11.7. The van der Waals surface area contributed by atoms with Crippen LogP contribution in [0.15, 0.2) is 28.7 Å². The smallest absolute Gasteiger partial charge is 0.392 e. The Morgan fingerprint density at radius 1 is 1.18 bits per heavy atom. The maximum absolute atomic E-state index is 11.7. The first-order chi connectivity index (χ1) is 7.63. The van der Waals surface area contributed by atoms with E-state index >= 15 is 0 Å². The fraction of sp³-hybridized carbons (Fsp3) is 0.250. The van der Waals surface area contributed by atoms with Gasteiger partial charge in [0.25, 0.3) is 0 Å². The Morgan fingerprint density at radius 2 is 1.76 bits per heavy atom. The van der Waals surface area contributed by atoms with E-state index in [-0.39, 0.29) is 12.4 Å². The summed E-state index contributed by atoms with van der Waals surface area (Å²) in [5.41, 5.74) is 1.33. The lowest BCUT2D eigenvalue weighted by Crippen LogP contribution is -2.29. The first-order valence-corrected chi connectivity index (χ1v) is 4.97. The number of rotatable bonds is 2. The number of hydrogen-bond acceptors (Lipinski definition) is 3. The van der Waals surface area contributed by atoms with Gasteiger partial charge in [-0.15, -0.1) is 17.1 Å². The summed E-state index contributed by atoms with van der Waals surface area (Å²) < 4.78 is 11.3. The number of nitrogens with zero attached hydrogens (tertiary/aromatic N) is 1. The largest absolute Gasteiger partial charge is 0.616 e. The number of benzene rings is 1. The molecule has 1 aromatic heterocycles. The van der Waals surface area contributed by atoms with Gasteiger partial charge in [0.05, 0.1) is 12.7 Å². The monoisotopic (exact) mass is 255 g/mol. The molecule has 2 rings (SSSR count). The average Bonchev–Trinajstić information content (AvgIpc) is 2.57. The van der Waals surface area contributed by atoms with Crippen molar-refractivity contribution in [3.8, 4) is 17.2 Å². The molecule has 1 heterocycles. The lowest BCUT2D eigenvalue weighted by molar-refractivity contribution is -0.602. The Balaban J connectivity index is 0.00000144. The summed E-state index contributed by atoms with van der Waals surface area (Å²) in [6, 6.07) is 7.18. The molecule has 0 amide bonds. The normalized spacial score (nSPS) is 9.82. The second kappa shape index (κ2) is 5.10. The highest BCUT2D eigenvalue weighted by atomic mass is 35.5. The van der Waals surface area contributed by atoms with E-state index in [0.717, 1.165) is 16.0 Å². The van der Waals surface area contributed by atoms with E-state index in [9.17, 15) is 5.21 Å². The van der Waals surface area contributed by atoms with Gasteiger partial charge in [-0.1, -0.05) is 0 Å². The van der Waals surface area contributed by atoms with Crippen LogP contribution in [0.2, 0.25) is 0 Å². The van der Waals surface area contributed by atoms with E-state index in [0.29, 0.717) is 17.3 Å². The molecule has 0 aliphatic rings. The molecule has 5 heteroatoms. The molecule has 2 aromatic rings. The Bertz CT molecular complexity index is 505. The Morgan fingerprint density at radius 3 is 2.18 bits per heavy atom. The van der Waals surface area contributed by atoms with Gasteiger partial charge in [0, 0.05) is 13.8 Å². The van der Waals surface area contributed by atoms with Gasteiger partial charge in [-0.25, -0.2) is 0 Å². The first kappa shape index (κ1) is 13.4. The number of ether oxygens (including phenoxy) is 1. The summed E-state index contributed by atoms with van der Waals surface area (Å²) in [5.74, 6) is 1.71. The topological polar surface area (TPSA) is 49.3 Å². The predicted molar refractivity (Wildman–Crippen MR) is 66.4 cm³/mol. The molecule has 4 nitrogen and oxygen atoms in total. The van der Waals surface area contributed by atoms with E-state index in [4.69, 9.17) is 9.15 Å². The predicted octanol–water partition coefficient (Wildman–Crippen LogP) is 2.63. The summed E-state index contributed by atoms with van der Waals surface area (Å²) in [6.07, 6.45) is 0. The Kier molecular flexibility index (Phi) is 4.02. The number of methoxy groups -OCH3 is 1. The number of hydrogen-bond donors (Lipinski definition) is 0. The molecule has 0 N–H and O–H groups in total. The highest BCUT2D eigenvalue weighted by Gasteiger charge is 2.19. The van der Waals surface area contributed by atoms with Gasteiger partial charge in [-0.2, -0.15) is 0 Å². The van der Waals surface area contributed by atoms with Crippen molar-refractivity contribution in [1.29, 1.82) is 0 Å². The van der Waals surface area contributed by atoms with Crippen molar-refractivity contribution in [3.63, 3.8) is 0 Å². The second-order valence-corrected chi connectivity index (χ2v) is 3.57. The van der Waals surface area contributed by atoms with E-state index in [2.05, 4.69) is 0 Å². The van der Waals surface area contributed by atoms with E-state index < -0.39 is 0 Å². The minimum Gasteiger partial charge on any atom is -0.616 e. The third-order valence-corrected chi connectivity index (χ3v) is 2.59. The van der Waals surface area contributed by atoms with Crippen LogP contribution in [0, 0.1) is 19.1 Å². The molecule has 0 saturated carbocycles. The molecule has 1 aromatic carbocycles. The van der Waals surface area contributed by atoms with E-state index in [1.54, 1.807) is 45.2 Å². The molecule has 0 unspecified atom stereocenters. The van der Waals surface area contributed by atoms with Crippen LogP contribution in [-0.2, 0) is 0 Å². The number of aromatic nitrogens is 1. The van der Waals surface area contributed by atoms with Gasteiger partial charge in [0.2, 0.25) is 5.69 Å². The van der Waals surface area contributed by atoms with E-state index in [1.807, 2.05) is 0 Å². The summed E-state index contributed by atoms with van der Waals surface area (Å²) in [4.78, 5) is 0. The quantitative estimate of drug-likeness (QED) is 0.612. The molecule has 0 atom stereocenters. The van der Waals surface area contributed by atoms with Crippen molar-refractivity contribution >= 4 is 12.4 Å². The minimum atomic E-state index is 0. The van der Waals surface area contributed by atoms with Crippen LogP contribution in [0.1, 0.15) is 11.5 Å². The van der Waals surface area contributed by atoms with Crippen LogP contribution in [0.5, 0.6) is 5.75 Å². The first-order valence-electron chi connectivity index (χ1n) is 4.97. The molecule has 0 fully saturated rings. The van der Waals surface area contributed by atoms with Crippen LogP contribution in [0.4, 0.5) is 0 Å². The molecule has 0 bridgehead atoms. The molecule has 17 heavy (non-hydrogen) atoms. The van der Waals surface area contributed by atoms with Crippen molar-refractivity contribution in [2.75, 3.05) is 7.11 Å². The zero-order valence-corrected chi connectivity index (χ0v) is 10.7. The Labute approximate surface area is 106 Å². The van der Waals surface area contributed by atoms with Crippen LogP contribution in [0.25, 0.3) is 11.5 Å². The average molecular weight is 256 g/mol. The molecule has 92 valence electrons. The molecular formula is C12H14ClNO3. The van der Waals surface area contributed by atoms with Crippen LogP contribution < -0.4 is 9.47 Å². The van der Waals surface area contributed by atoms with E-state index in [1.165, 1.54) is 0 Å². The van der Waals surface area contributed by atoms with Gasteiger partial charge in [-0.3, -0.25) is 0 Å². The fourth-order valence-corrected chi connectivity index (χ4v) is 1.47. The zero-order valence-electron chi connectivity index (χ0n) is 9.89. The van der Waals surface area contributed by atoms with Crippen LogP contribution >= 0.6 is 12.4 Å². The summed E-state index contributed by atoms with van der Waals surface area (Å²) >= 11 is 0. The van der Waals surface area contributed by atoms with Crippen LogP contribution in [0.3, 0.4) is 0 Å². The maximum Gasteiger partial charge on any atom is 0.392 e. The third-order valence-electron chi connectivity index (χ3n) is 2.59. The summed E-state index contributed by atoms with van der Waals surface area (Å²) in [5, 5.41) is 11.7. The molecule has 0 aliphatic heterocycles. The van der Waals surface area contributed by atoms with Gasteiger partial charge >= 0.3 is 5.89 Å². The number of aryl methyl sites for hydroxylation is 1. The van der Waals surface area contributed by atoms with Crippen LogP contribution in [-0.4, -0.2) is 7.11 Å². The SMILES string of the molecule is COc1ccc(-c2oc(C)c(C)[n+]2[O-])cc1.Cl. The highest BCUT2D eigenvalue weighted by Crippen LogP contribution is 2.22. The Hall–Kier alpha value is -1.68. The number of halogens is 1. The summed E-state index contributed by atoms with van der Waals surface area (Å²) in [6.45, 7) is 3.51. The number of oxazole rings is 1. The van der Waals surface area contributed by atoms with Crippen molar-refractivity contribution in [2.24, 2.45) is 0 Å². The third kappa shape index (κ3) is 2.36. The lowest BCUT2D eigenvalue weighted by Gasteiger charge is -2.00. The minimum absolute atomic E-state index is 0. The fourth-order valence-electron chi connectivity index (χ4n) is 1.47. The van der Waals surface area contributed by atoms with Gasteiger partial charge < -0.3 is 14.4 Å². The van der Waals surface area contributed by atoms with Gasteiger partial charge in [-0.05, 0) is 24.3 Å². The van der Waals surface area contributed by atoms with Crippen molar-refractivity contribution in [3.05, 3.63) is 40.9 Å². The molecule has 0 saturated heterocycles. The second-order valence-electron chi connectivity index (χ2n) is 3.57. The molecule has 0 aliphatic carbocycles. The van der Waals surface area contributed by atoms with Gasteiger partial charge in [0.15, 0.2) is 5.76 Å². The van der Waals surface area contributed by atoms with Crippen molar-refractivity contribution < 1.29 is 13.9 Å². The van der Waals surface area contributed by atoms with Gasteiger partial charge in [0.1, 0.15) is 5.75 Å². The molecular weight excluding hydrogens is 242 g/mol. The standard InChI is InChI=1S/C12H13NO3.ClH/c1-8-9(2)16-12(13(8)14)10-4-6-11(15-3)7-5-10;/h4-7H,1-3H3;1H. The molecule has 0 spiro atoms. The van der Waals surface area contributed by atoms with Crippen molar-refractivity contribution in [2.45, 2.75) is 13.8 Å². The highest BCUT2D eigenvalue weighted by molar-refractivity contribution is 5.85. The molecule has 0 radical (unpaired) electrons.